The first kappa shape index (κ1) is 29.8. The van der Waals surface area contributed by atoms with Gasteiger partial charge in [-0.3, -0.25) is 7.86 Å². The highest BCUT2D eigenvalue weighted by atomic mass is 127. The van der Waals surface area contributed by atoms with Crippen molar-refractivity contribution in [2.75, 3.05) is 25.5 Å². The Bertz CT molecular complexity index is 1310. The van der Waals surface area contributed by atoms with Crippen LogP contribution in [0.25, 0.3) is 11.1 Å². The van der Waals surface area contributed by atoms with Gasteiger partial charge in [-0.05, 0) is 47.1 Å². The van der Waals surface area contributed by atoms with Crippen LogP contribution in [0, 0.1) is 28.9 Å². The van der Waals surface area contributed by atoms with Crippen molar-refractivity contribution in [1.29, 1.82) is 0 Å². The van der Waals surface area contributed by atoms with Crippen LogP contribution in [-0.4, -0.2) is 44.0 Å². The van der Waals surface area contributed by atoms with Crippen molar-refractivity contribution in [3.8, 4) is 11.1 Å². The first-order valence-electron chi connectivity index (χ1n) is 13.1. The van der Waals surface area contributed by atoms with E-state index in [1.54, 1.807) is 0 Å². The Kier molecular flexibility index (Phi) is 9.60. The summed E-state index contributed by atoms with van der Waals surface area (Å²) >= 11 is 4.91. The van der Waals surface area contributed by atoms with Crippen LogP contribution in [0.5, 0.6) is 0 Å². The number of carbonyl (C=O) groups is 1. The molecule has 0 radical (unpaired) electrons. The third kappa shape index (κ3) is 6.95. The summed E-state index contributed by atoms with van der Waals surface area (Å²) in [6.07, 6.45) is 1.84. The second-order valence-corrected chi connectivity index (χ2v) is 13.5. The molecule has 0 N–H and O–H groups in total. The van der Waals surface area contributed by atoms with Crippen LogP contribution in [0.15, 0.2) is 60.8 Å². The van der Waals surface area contributed by atoms with Gasteiger partial charge in [0.1, 0.15) is 17.5 Å². The minimum atomic E-state index is -1.26. The number of hydrogen-bond acceptors (Lipinski definition) is 2. The van der Waals surface area contributed by atoms with Gasteiger partial charge < -0.3 is 9.47 Å². The first-order chi connectivity index (χ1) is 18.5. The third-order valence-corrected chi connectivity index (χ3v) is 9.04. The van der Waals surface area contributed by atoms with Crippen molar-refractivity contribution in [3.05, 3.63) is 83.7 Å². The number of benzene rings is 2. The largest absolute Gasteiger partial charge is 0.344 e. The van der Waals surface area contributed by atoms with Gasteiger partial charge in [0.15, 0.2) is 0 Å². The van der Waals surface area contributed by atoms with E-state index in [9.17, 15) is 16.6 Å². The van der Waals surface area contributed by atoms with Crippen molar-refractivity contribution in [2.45, 2.75) is 40.3 Å². The predicted octanol–water partition coefficient (Wildman–Crippen LogP) is 7.44. The van der Waals surface area contributed by atoms with Gasteiger partial charge >= 0.3 is 0 Å². The summed E-state index contributed by atoms with van der Waals surface area (Å²) in [6, 6.07) is 14.8. The average molecular weight is 670 g/mol. The fourth-order valence-electron chi connectivity index (χ4n) is 5.56. The predicted molar refractivity (Wildman–Crippen MR) is 159 cm³/mol. The Morgan fingerprint density at radius 2 is 1.85 bits per heavy atom. The molecule has 4 rings (SSSR count). The molecule has 1 amide bonds. The molecule has 3 atom stereocenters. The molecule has 1 fully saturated rings. The summed E-state index contributed by atoms with van der Waals surface area (Å²) in [4.78, 5) is 15.3. The van der Waals surface area contributed by atoms with E-state index >= 15 is 0 Å². The molecule has 0 spiro atoms. The number of aromatic nitrogens is 1. The molecular weight excluding hydrogens is 635 g/mol. The molecule has 1 saturated heterocycles. The minimum absolute atomic E-state index is 0.147. The normalized spacial score (nSPS) is 18.8. The van der Waals surface area contributed by atoms with Crippen LogP contribution in [-0.2, 0) is 14.4 Å². The molecule has 5 nitrogen and oxygen atoms in total. The maximum absolute atomic E-state index is 14.9. The summed E-state index contributed by atoms with van der Waals surface area (Å²) in [6.45, 7) is 10.7. The zero-order valence-corrected chi connectivity index (χ0v) is 25.6. The molecule has 9 heteroatoms. The lowest BCUT2D eigenvalue weighted by Crippen LogP contribution is -2.46. The van der Waals surface area contributed by atoms with Gasteiger partial charge in [0.05, 0.1) is 6.04 Å². The lowest BCUT2D eigenvalue weighted by molar-refractivity contribution is -0.134. The van der Waals surface area contributed by atoms with Gasteiger partial charge in [-0.25, -0.2) is 11.9 Å². The lowest BCUT2D eigenvalue weighted by Gasteiger charge is -2.42. The molecular formula is C30H35ClF2IN3O2. The Balaban J connectivity index is 1.85. The number of alkyl halides is 1. The van der Waals surface area contributed by atoms with Crippen molar-refractivity contribution in [2.24, 2.45) is 17.3 Å². The molecule has 1 aliphatic heterocycles. The summed E-state index contributed by atoms with van der Waals surface area (Å²) < 4.78 is 44.8. The summed E-state index contributed by atoms with van der Waals surface area (Å²) in [7, 11) is 0. The van der Waals surface area contributed by atoms with E-state index in [2.05, 4.69) is 27.7 Å². The zero-order valence-electron chi connectivity index (χ0n) is 22.7. The molecule has 2 aromatic carbocycles. The molecule has 2 heterocycles. The molecule has 39 heavy (non-hydrogen) atoms. The number of nitrogens with zero attached hydrogens (tertiary/aromatic N) is 3. The monoisotopic (exact) mass is 669 g/mol. The highest BCUT2D eigenvalue weighted by Gasteiger charge is 2.40. The molecule has 3 aromatic rings. The molecule has 0 unspecified atom stereocenters. The van der Waals surface area contributed by atoms with E-state index in [1.807, 2.05) is 55.2 Å². The average Bonchev–Trinajstić information content (AvgIpc) is 3.47. The Labute approximate surface area is 245 Å². The zero-order chi connectivity index (χ0) is 28.3. The van der Waals surface area contributed by atoms with Crippen LogP contribution in [0.1, 0.15) is 45.0 Å². The fraction of sp³-hybridized carbons (Fsp3) is 0.433. The molecule has 0 bridgehead atoms. The molecule has 0 aliphatic carbocycles. The Hall–Kier alpha value is -2.17. The van der Waals surface area contributed by atoms with Gasteiger partial charge in [-0.1, -0.05) is 58.0 Å². The highest BCUT2D eigenvalue weighted by Crippen LogP contribution is 2.42. The molecule has 1 aliphatic rings. The third-order valence-electron chi connectivity index (χ3n) is 7.46. The topological polar surface area (TPSA) is 45.6 Å². The van der Waals surface area contributed by atoms with Gasteiger partial charge in [-0.2, -0.15) is 0 Å². The SMILES string of the molecule is C[C@H]1CN(I=O)C[C@H]1CN(C(=O)CCl)[C@@H](c1cc(-c2cc(F)ccc2F)cn1Cc1ccccc1)C(C)(C)C. The highest BCUT2D eigenvalue weighted by molar-refractivity contribution is 14.1. The summed E-state index contributed by atoms with van der Waals surface area (Å²) in [5.41, 5.74) is 2.16. The van der Waals surface area contributed by atoms with E-state index in [0.29, 0.717) is 25.2 Å². The Morgan fingerprint density at radius 3 is 2.46 bits per heavy atom. The molecule has 1 aromatic heterocycles. The molecule has 0 saturated carbocycles. The standard InChI is InChI=1S/C30H35ClF2IN3O2/c1-20-15-36(34-39)18-23(20)19-37(28(38)14-31)29(30(2,3)4)27-12-22(25-13-24(32)10-11-26(25)33)17-35(27)16-21-8-6-5-7-9-21/h5-13,17,20,23,29H,14-16,18-19H2,1-4H3/t20-,23-,29-/m0/s1. The van der Waals surface area contributed by atoms with Crippen molar-refractivity contribution >= 4 is 39.0 Å². The van der Waals surface area contributed by atoms with Crippen molar-refractivity contribution < 1.29 is 16.6 Å². The van der Waals surface area contributed by atoms with Crippen molar-refractivity contribution in [3.63, 3.8) is 0 Å². The first-order valence-corrected chi connectivity index (χ1v) is 15.5. The van der Waals surface area contributed by atoms with Crippen LogP contribution in [0.4, 0.5) is 8.78 Å². The second kappa shape index (κ2) is 12.6. The van der Waals surface area contributed by atoms with Crippen LogP contribution in [0.3, 0.4) is 0 Å². The van der Waals surface area contributed by atoms with E-state index < -0.39 is 44.6 Å². The Morgan fingerprint density at radius 1 is 1.13 bits per heavy atom. The number of hydrogen-bond donors (Lipinski definition) is 0. The number of amides is 1. The second-order valence-electron chi connectivity index (χ2n) is 11.5. The minimum Gasteiger partial charge on any atom is -0.344 e. The number of halogens is 4. The summed E-state index contributed by atoms with van der Waals surface area (Å²) in [5.74, 6) is -0.967. The van der Waals surface area contributed by atoms with Gasteiger partial charge in [0, 0.05) is 49.2 Å². The number of carbonyl (C=O) groups excluding carboxylic acids is 1. The summed E-state index contributed by atoms with van der Waals surface area (Å²) in [5, 5.41) is 0. The molecule has 210 valence electrons. The van der Waals surface area contributed by atoms with Crippen LogP contribution >= 0.6 is 33.1 Å². The van der Waals surface area contributed by atoms with Crippen LogP contribution in [0.2, 0.25) is 0 Å². The van der Waals surface area contributed by atoms with E-state index in [1.165, 1.54) is 6.07 Å². The smallest absolute Gasteiger partial charge is 0.239 e. The van der Waals surface area contributed by atoms with Crippen LogP contribution < -0.4 is 0 Å². The fourth-order valence-corrected chi connectivity index (χ4v) is 7.16. The van der Waals surface area contributed by atoms with E-state index in [0.717, 1.165) is 29.9 Å². The maximum Gasteiger partial charge on any atom is 0.239 e. The lowest BCUT2D eigenvalue weighted by atomic mass is 9.82. The van der Waals surface area contributed by atoms with E-state index in [-0.39, 0.29) is 29.2 Å². The van der Waals surface area contributed by atoms with Gasteiger partial charge in [-0.15, -0.1) is 11.6 Å². The van der Waals surface area contributed by atoms with Crippen molar-refractivity contribution in [1.82, 2.24) is 12.6 Å². The van der Waals surface area contributed by atoms with Gasteiger partial charge in [0.25, 0.3) is 0 Å². The van der Waals surface area contributed by atoms with E-state index in [4.69, 9.17) is 11.6 Å². The van der Waals surface area contributed by atoms with Gasteiger partial charge in [0.2, 0.25) is 27.4 Å². The quantitative estimate of drug-likeness (QED) is 0.135. The maximum atomic E-state index is 14.9. The number of rotatable bonds is 9.